The zero-order chi connectivity index (χ0) is 18.5. The van der Waals surface area contributed by atoms with Crippen LogP contribution in [0.2, 0.25) is 0 Å². The zero-order valence-corrected chi connectivity index (χ0v) is 14.7. The van der Waals surface area contributed by atoms with Crippen LogP contribution in [0.15, 0.2) is 42.7 Å². The summed E-state index contributed by atoms with van der Waals surface area (Å²) >= 11 is 0. The first-order valence-corrected chi connectivity index (χ1v) is 9.26. The number of carbonyl (C=O) groups excluding carboxylic acids is 1. The lowest BCUT2D eigenvalue weighted by atomic mass is 10.0. The molecule has 2 aliphatic carbocycles. The van der Waals surface area contributed by atoms with Gasteiger partial charge in [0.1, 0.15) is 11.5 Å². The number of nitrogens with two attached hydrogens (primary N) is 1. The number of nitrogens with zero attached hydrogens (tertiary/aromatic N) is 3. The lowest BCUT2D eigenvalue weighted by Gasteiger charge is -2.11. The highest BCUT2D eigenvalue weighted by Crippen LogP contribution is 2.45. The van der Waals surface area contributed by atoms with Crippen molar-refractivity contribution in [3.8, 4) is 16.8 Å². The second-order valence-electron chi connectivity index (χ2n) is 7.41. The van der Waals surface area contributed by atoms with Crippen LogP contribution in [-0.2, 0) is 0 Å². The molecular weight excluding hydrogens is 343 g/mol. The van der Waals surface area contributed by atoms with Crippen LogP contribution in [0.3, 0.4) is 0 Å². The maximum atomic E-state index is 15.0. The summed E-state index contributed by atoms with van der Waals surface area (Å²) in [7, 11) is 0. The van der Waals surface area contributed by atoms with Gasteiger partial charge < -0.3 is 5.73 Å². The van der Waals surface area contributed by atoms with Crippen molar-refractivity contribution in [3.05, 3.63) is 65.5 Å². The molecule has 2 saturated carbocycles. The molecule has 2 aromatic heterocycles. The number of hydrogen-bond donors (Lipinski definition) is 1. The molecule has 0 saturated heterocycles. The molecule has 1 amide bonds. The number of pyridine rings is 1. The molecule has 0 atom stereocenters. The van der Waals surface area contributed by atoms with E-state index >= 15 is 4.39 Å². The van der Waals surface area contributed by atoms with Crippen LogP contribution >= 0.6 is 0 Å². The molecule has 136 valence electrons. The summed E-state index contributed by atoms with van der Waals surface area (Å²) in [6.07, 6.45) is 7.63. The van der Waals surface area contributed by atoms with Crippen LogP contribution in [0.5, 0.6) is 0 Å². The average Bonchev–Trinajstić information content (AvgIpc) is 3.60. The third-order valence-electron chi connectivity index (χ3n) is 5.32. The molecule has 0 bridgehead atoms. The third kappa shape index (κ3) is 2.91. The normalized spacial score (nSPS) is 16.5. The fourth-order valence-electron chi connectivity index (χ4n) is 3.54. The van der Waals surface area contributed by atoms with Crippen LogP contribution in [0.4, 0.5) is 4.39 Å². The molecule has 0 radical (unpaired) electrons. The lowest BCUT2D eigenvalue weighted by Crippen LogP contribution is -2.12. The van der Waals surface area contributed by atoms with Crippen molar-refractivity contribution in [1.29, 1.82) is 0 Å². The highest BCUT2D eigenvalue weighted by Gasteiger charge is 2.33. The zero-order valence-electron chi connectivity index (χ0n) is 14.7. The van der Waals surface area contributed by atoms with E-state index in [4.69, 9.17) is 10.8 Å². The van der Waals surface area contributed by atoms with Gasteiger partial charge in [0.25, 0.3) is 0 Å². The van der Waals surface area contributed by atoms with E-state index in [9.17, 15) is 4.79 Å². The molecule has 3 aromatic rings. The fraction of sp³-hybridized carbons (Fsp3) is 0.286. The van der Waals surface area contributed by atoms with Gasteiger partial charge in [0.05, 0.1) is 5.69 Å². The van der Waals surface area contributed by atoms with Gasteiger partial charge in [0.15, 0.2) is 0 Å². The molecule has 6 heteroatoms. The van der Waals surface area contributed by atoms with Crippen LogP contribution < -0.4 is 5.73 Å². The number of carbonyl (C=O) groups is 1. The number of benzene rings is 1. The van der Waals surface area contributed by atoms with E-state index in [1.54, 1.807) is 22.9 Å². The van der Waals surface area contributed by atoms with E-state index in [1.807, 2.05) is 0 Å². The molecule has 0 unspecified atom stereocenters. The fourth-order valence-corrected chi connectivity index (χ4v) is 3.54. The Morgan fingerprint density at radius 2 is 1.89 bits per heavy atom. The van der Waals surface area contributed by atoms with Crippen LogP contribution in [-0.4, -0.2) is 20.7 Å². The molecule has 2 heterocycles. The molecule has 5 rings (SSSR count). The minimum Gasteiger partial charge on any atom is -0.366 e. The van der Waals surface area contributed by atoms with Crippen LogP contribution in [0.25, 0.3) is 16.8 Å². The summed E-state index contributed by atoms with van der Waals surface area (Å²) in [6.45, 7) is 0. The van der Waals surface area contributed by atoms with Gasteiger partial charge in [-0.1, -0.05) is 6.07 Å². The number of rotatable bonds is 5. The van der Waals surface area contributed by atoms with Gasteiger partial charge in [-0.15, -0.1) is 0 Å². The minimum absolute atomic E-state index is 0.325. The Labute approximate surface area is 156 Å². The molecule has 2 N–H and O–H groups in total. The highest BCUT2D eigenvalue weighted by atomic mass is 19.1. The predicted molar refractivity (Wildman–Crippen MR) is 99.2 cm³/mol. The van der Waals surface area contributed by atoms with Crippen molar-refractivity contribution < 1.29 is 9.18 Å². The standard InChI is InChI=1S/C21H19FN4O/c22-17-9-14(16-11-24-8-7-15(16)21(23)27)5-6-19(17)26-20(13-3-4-13)10-18(25-26)12-1-2-12/h5-13H,1-4H2,(H2,23,27). The SMILES string of the molecule is NC(=O)c1ccncc1-c1ccc(-n2nc(C3CC3)cc2C2CC2)c(F)c1. The van der Waals surface area contributed by atoms with E-state index in [0.717, 1.165) is 24.2 Å². The first-order chi connectivity index (χ1) is 13.1. The largest absolute Gasteiger partial charge is 0.366 e. The Hall–Kier alpha value is -3.02. The lowest BCUT2D eigenvalue weighted by molar-refractivity contribution is 0.100. The van der Waals surface area contributed by atoms with Gasteiger partial charge in [-0.25, -0.2) is 9.07 Å². The second kappa shape index (κ2) is 6.01. The second-order valence-corrected chi connectivity index (χ2v) is 7.41. The Morgan fingerprint density at radius 3 is 2.56 bits per heavy atom. The summed E-state index contributed by atoms with van der Waals surface area (Å²) in [6, 6.07) is 8.63. The van der Waals surface area contributed by atoms with Crippen LogP contribution in [0, 0.1) is 5.82 Å². The molecule has 2 fully saturated rings. The summed E-state index contributed by atoms with van der Waals surface area (Å²) in [4.78, 5) is 15.7. The van der Waals surface area contributed by atoms with Crippen molar-refractivity contribution in [2.75, 3.05) is 0 Å². The molecule has 5 nitrogen and oxygen atoms in total. The summed E-state index contributed by atoms with van der Waals surface area (Å²) < 4.78 is 16.8. The highest BCUT2D eigenvalue weighted by molar-refractivity contribution is 5.99. The molecule has 2 aliphatic rings. The first kappa shape index (κ1) is 16.2. The number of primary amides is 1. The first-order valence-electron chi connectivity index (χ1n) is 9.26. The van der Waals surface area contributed by atoms with Gasteiger partial charge in [0, 0.05) is 41.1 Å². The molecule has 0 aliphatic heterocycles. The number of amides is 1. The average molecular weight is 362 g/mol. The third-order valence-corrected chi connectivity index (χ3v) is 5.32. The number of hydrogen-bond acceptors (Lipinski definition) is 3. The molecule has 0 spiro atoms. The van der Waals surface area contributed by atoms with Crippen molar-refractivity contribution in [2.24, 2.45) is 5.73 Å². The summed E-state index contributed by atoms with van der Waals surface area (Å²) in [5.74, 6) is 0.0663. The maximum absolute atomic E-state index is 15.0. The van der Waals surface area contributed by atoms with Gasteiger partial charge >= 0.3 is 0 Å². The van der Waals surface area contributed by atoms with Crippen molar-refractivity contribution in [1.82, 2.24) is 14.8 Å². The van der Waals surface area contributed by atoms with E-state index in [0.29, 0.717) is 34.2 Å². The van der Waals surface area contributed by atoms with Gasteiger partial charge in [0.2, 0.25) is 5.91 Å². The summed E-state index contributed by atoms with van der Waals surface area (Å²) in [5.41, 5.74) is 9.47. The van der Waals surface area contributed by atoms with Gasteiger partial charge in [-0.05, 0) is 55.5 Å². The van der Waals surface area contributed by atoms with Gasteiger partial charge in [-0.3, -0.25) is 9.78 Å². The monoisotopic (exact) mass is 362 g/mol. The van der Waals surface area contributed by atoms with Crippen molar-refractivity contribution in [3.63, 3.8) is 0 Å². The minimum atomic E-state index is -0.561. The van der Waals surface area contributed by atoms with Crippen molar-refractivity contribution >= 4 is 5.91 Å². The molecular formula is C21H19FN4O. The Balaban J connectivity index is 1.58. The van der Waals surface area contributed by atoms with E-state index in [1.165, 1.54) is 31.3 Å². The van der Waals surface area contributed by atoms with E-state index < -0.39 is 5.91 Å². The topological polar surface area (TPSA) is 73.8 Å². The van der Waals surface area contributed by atoms with Crippen LogP contribution in [0.1, 0.15) is 59.3 Å². The summed E-state index contributed by atoms with van der Waals surface area (Å²) in [5, 5.41) is 4.70. The number of aromatic nitrogens is 3. The van der Waals surface area contributed by atoms with Crippen molar-refractivity contribution in [2.45, 2.75) is 37.5 Å². The van der Waals surface area contributed by atoms with Gasteiger partial charge in [-0.2, -0.15) is 5.10 Å². The quantitative estimate of drug-likeness (QED) is 0.747. The molecule has 27 heavy (non-hydrogen) atoms. The Bertz CT molecular complexity index is 1050. The maximum Gasteiger partial charge on any atom is 0.249 e. The van der Waals surface area contributed by atoms with E-state index in [2.05, 4.69) is 11.1 Å². The smallest absolute Gasteiger partial charge is 0.249 e. The molecule has 1 aromatic carbocycles. The van der Waals surface area contributed by atoms with E-state index in [-0.39, 0.29) is 5.82 Å². The number of halogens is 1. The Morgan fingerprint density at radius 1 is 1.11 bits per heavy atom. The predicted octanol–water partition coefficient (Wildman–Crippen LogP) is 3.93. The Kier molecular flexibility index (Phi) is 3.60.